The van der Waals surface area contributed by atoms with Crippen molar-refractivity contribution in [1.29, 1.82) is 0 Å². The molecule has 2 aliphatic heterocycles. The summed E-state index contributed by atoms with van der Waals surface area (Å²) in [5.41, 5.74) is 3.15. The largest absolute Gasteiger partial charge is 0.491 e. The fraction of sp³-hybridized carbons (Fsp3) is 0.556. The molecule has 0 saturated carbocycles. The summed E-state index contributed by atoms with van der Waals surface area (Å²) in [4.78, 5) is 24.0. The average molecular weight is 492 g/mol. The van der Waals surface area contributed by atoms with Gasteiger partial charge in [0.05, 0.1) is 18.7 Å². The van der Waals surface area contributed by atoms with Crippen LogP contribution < -0.4 is 10.1 Å². The number of fused-ring (bicyclic) bond motifs is 3. The number of nitrogens with one attached hydrogen (secondary N) is 1. The van der Waals surface area contributed by atoms with Gasteiger partial charge in [-0.3, -0.25) is 9.69 Å². The third kappa shape index (κ3) is 5.02. The number of piperidine rings is 1. The van der Waals surface area contributed by atoms with Crippen molar-refractivity contribution in [1.82, 2.24) is 34.5 Å². The molecule has 9 nitrogen and oxygen atoms in total. The number of carbonyl (C=O) groups excluding carboxylic acids is 1. The van der Waals surface area contributed by atoms with Gasteiger partial charge in [-0.05, 0) is 84.2 Å². The predicted octanol–water partition coefficient (Wildman–Crippen LogP) is 3.79. The first-order valence-corrected chi connectivity index (χ1v) is 13.1. The third-order valence-electron chi connectivity index (χ3n) is 6.94. The van der Waals surface area contributed by atoms with E-state index in [0.29, 0.717) is 19.1 Å². The molecule has 2 aromatic heterocycles. The van der Waals surface area contributed by atoms with E-state index >= 15 is 0 Å². The van der Waals surface area contributed by atoms with Crippen molar-refractivity contribution in [2.75, 3.05) is 26.2 Å². The fourth-order valence-electron chi connectivity index (χ4n) is 5.22. The molecule has 0 spiro atoms. The third-order valence-corrected chi connectivity index (χ3v) is 6.94. The summed E-state index contributed by atoms with van der Waals surface area (Å²) < 4.78 is 10.3. The van der Waals surface area contributed by atoms with Gasteiger partial charge in [-0.25, -0.2) is 14.6 Å². The average Bonchev–Trinajstić information content (AvgIpc) is 3.38. The van der Waals surface area contributed by atoms with E-state index in [2.05, 4.69) is 63.1 Å². The first-order valence-electron chi connectivity index (χ1n) is 13.1. The van der Waals surface area contributed by atoms with Crippen LogP contribution in [-0.2, 0) is 11.3 Å². The highest BCUT2D eigenvalue weighted by molar-refractivity contribution is 5.78. The minimum absolute atomic E-state index is 0.110. The number of hydrogen-bond donors (Lipinski definition) is 1. The second kappa shape index (κ2) is 10.0. The van der Waals surface area contributed by atoms with Gasteiger partial charge in [0.15, 0.2) is 5.82 Å². The van der Waals surface area contributed by atoms with E-state index in [0.717, 1.165) is 67.0 Å². The minimum atomic E-state index is 0.110. The van der Waals surface area contributed by atoms with Crippen molar-refractivity contribution in [3.8, 4) is 28.7 Å². The number of benzene rings is 1. The Kier molecular flexibility index (Phi) is 6.83. The summed E-state index contributed by atoms with van der Waals surface area (Å²) in [6, 6.07) is 6.96. The van der Waals surface area contributed by atoms with E-state index in [1.54, 1.807) is 0 Å². The van der Waals surface area contributed by atoms with E-state index < -0.39 is 0 Å². The second-order valence-electron chi connectivity index (χ2n) is 10.5. The first-order chi connectivity index (χ1) is 17.3. The topological polar surface area (TPSA) is 90.1 Å². The quantitative estimate of drug-likeness (QED) is 0.564. The van der Waals surface area contributed by atoms with Crippen LogP contribution in [0.25, 0.3) is 22.9 Å². The maximum atomic E-state index is 12.1. The number of aromatic nitrogens is 5. The van der Waals surface area contributed by atoms with Gasteiger partial charge in [0.25, 0.3) is 0 Å². The van der Waals surface area contributed by atoms with Crippen LogP contribution in [0.3, 0.4) is 0 Å². The zero-order valence-corrected chi connectivity index (χ0v) is 22.0. The maximum Gasteiger partial charge on any atom is 0.234 e. The molecule has 0 radical (unpaired) electrons. The number of amides is 1. The molecule has 0 unspecified atom stereocenters. The minimum Gasteiger partial charge on any atom is -0.491 e. The summed E-state index contributed by atoms with van der Waals surface area (Å²) in [6.45, 7) is 13.8. The van der Waals surface area contributed by atoms with Gasteiger partial charge in [0, 0.05) is 18.3 Å². The predicted molar refractivity (Wildman–Crippen MR) is 139 cm³/mol. The number of imidazole rings is 1. The molecule has 0 atom stereocenters. The zero-order valence-electron chi connectivity index (χ0n) is 22.0. The molecule has 192 valence electrons. The lowest BCUT2D eigenvalue weighted by Crippen LogP contribution is -2.43. The normalized spacial score (nSPS) is 16.5. The zero-order chi connectivity index (χ0) is 25.4. The number of nitrogens with zero attached hydrogens (tertiary/aromatic N) is 6. The van der Waals surface area contributed by atoms with Crippen molar-refractivity contribution in [2.45, 2.75) is 72.0 Å². The number of rotatable bonds is 6. The molecule has 1 fully saturated rings. The fourth-order valence-corrected chi connectivity index (χ4v) is 5.22. The number of carbonyl (C=O) groups is 1. The van der Waals surface area contributed by atoms with Crippen LogP contribution in [0.5, 0.6) is 5.75 Å². The van der Waals surface area contributed by atoms with Crippen molar-refractivity contribution in [3.05, 3.63) is 35.8 Å². The molecular formula is C27H37N7O2. The molecule has 1 saturated heterocycles. The van der Waals surface area contributed by atoms with Crippen LogP contribution >= 0.6 is 0 Å². The Hall–Kier alpha value is -3.20. The number of likely N-dealkylation sites (tertiary alicyclic amines) is 1. The van der Waals surface area contributed by atoms with Crippen LogP contribution in [0.1, 0.15) is 63.9 Å². The highest BCUT2D eigenvalue weighted by Gasteiger charge is 2.26. The van der Waals surface area contributed by atoms with Crippen molar-refractivity contribution >= 4 is 5.91 Å². The molecule has 36 heavy (non-hydrogen) atoms. The Morgan fingerprint density at radius 1 is 1.11 bits per heavy atom. The van der Waals surface area contributed by atoms with Gasteiger partial charge in [0.2, 0.25) is 5.91 Å². The van der Waals surface area contributed by atoms with Crippen LogP contribution in [0.15, 0.2) is 24.4 Å². The SMILES string of the molecule is Cc1nc(-c2cn3c(n2)-c2ccc(C4CCN(CC(=O)NC(C)C)CC4)cc2OCC3)n(C(C)C)n1. The molecular weight excluding hydrogens is 454 g/mol. The molecule has 1 N–H and O–H groups in total. The van der Waals surface area contributed by atoms with Gasteiger partial charge in [-0.1, -0.05) is 6.07 Å². The van der Waals surface area contributed by atoms with Crippen molar-refractivity contribution < 1.29 is 9.53 Å². The standard InChI is InChI=1S/C27H37N7O2/c1-17(2)28-25(35)16-32-10-8-20(9-11-32)21-6-7-22-24(14-21)36-13-12-33-15-23(30-26(22)33)27-29-19(5)31-34(27)18(3)4/h6-7,14-15,17-18,20H,8-13,16H2,1-5H3,(H,28,35). The van der Waals surface area contributed by atoms with Crippen molar-refractivity contribution in [3.63, 3.8) is 0 Å². The molecule has 0 aliphatic carbocycles. The number of aryl methyl sites for hydroxylation is 1. The summed E-state index contributed by atoms with van der Waals surface area (Å²) in [7, 11) is 0. The summed E-state index contributed by atoms with van der Waals surface area (Å²) in [5, 5.41) is 7.55. The van der Waals surface area contributed by atoms with Crippen LogP contribution in [0.2, 0.25) is 0 Å². The molecule has 9 heteroatoms. The Bertz CT molecular complexity index is 1230. The van der Waals surface area contributed by atoms with Crippen LogP contribution in [0.4, 0.5) is 0 Å². The van der Waals surface area contributed by atoms with E-state index in [1.807, 2.05) is 25.5 Å². The van der Waals surface area contributed by atoms with Gasteiger partial charge >= 0.3 is 0 Å². The van der Waals surface area contributed by atoms with Gasteiger partial charge < -0.3 is 14.6 Å². The molecule has 3 aromatic rings. The lowest BCUT2D eigenvalue weighted by atomic mass is 9.88. The molecule has 1 aromatic carbocycles. The number of ether oxygens (including phenoxy) is 1. The first kappa shape index (κ1) is 24.5. The Morgan fingerprint density at radius 3 is 2.61 bits per heavy atom. The summed E-state index contributed by atoms with van der Waals surface area (Å²) >= 11 is 0. The molecule has 4 heterocycles. The lowest BCUT2D eigenvalue weighted by molar-refractivity contribution is -0.123. The molecule has 1 amide bonds. The van der Waals surface area contributed by atoms with Crippen LogP contribution in [0, 0.1) is 6.92 Å². The van der Waals surface area contributed by atoms with Crippen LogP contribution in [-0.4, -0.2) is 67.4 Å². The summed E-state index contributed by atoms with van der Waals surface area (Å²) in [6.07, 6.45) is 4.14. The van der Waals surface area contributed by atoms with Gasteiger partial charge in [0.1, 0.15) is 29.7 Å². The monoisotopic (exact) mass is 491 g/mol. The highest BCUT2D eigenvalue weighted by Crippen LogP contribution is 2.38. The van der Waals surface area contributed by atoms with E-state index in [4.69, 9.17) is 9.72 Å². The lowest BCUT2D eigenvalue weighted by Gasteiger charge is -2.32. The molecule has 5 rings (SSSR count). The van der Waals surface area contributed by atoms with E-state index in [9.17, 15) is 4.79 Å². The second-order valence-corrected chi connectivity index (χ2v) is 10.5. The molecule has 2 aliphatic rings. The van der Waals surface area contributed by atoms with Gasteiger partial charge in [-0.15, -0.1) is 0 Å². The Labute approximate surface area is 212 Å². The molecule has 0 bridgehead atoms. The number of hydrogen-bond acceptors (Lipinski definition) is 6. The summed E-state index contributed by atoms with van der Waals surface area (Å²) in [5.74, 6) is 3.93. The smallest absolute Gasteiger partial charge is 0.234 e. The van der Waals surface area contributed by atoms with E-state index in [1.165, 1.54) is 5.56 Å². The maximum absolute atomic E-state index is 12.1. The van der Waals surface area contributed by atoms with E-state index in [-0.39, 0.29) is 18.0 Å². The van der Waals surface area contributed by atoms with Gasteiger partial charge in [-0.2, -0.15) is 5.10 Å². The highest BCUT2D eigenvalue weighted by atomic mass is 16.5. The Balaban J connectivity index is 1.34. The Morgan fingerprint density at radius 2 is 1.89 bits per heavy atom. The van der Waals surface area contributed by atoms with Crippen molar-refractivity contribution in [2.24, 2.45) is 0 Å².